The van der Waals surface area contributed by atoms with Crippen LogP contribution < -0.4 is 5.32 Å². The summed E-state index contributed by atoms with van der Waals surface area (Å²) in [5, 5.41) is 12.8. The lowest BCUT2D eigenvalue weighted by Crippen LogP contribution is -2.34. The second kappa shape index (κ2) is 6.44. The molecule has 1 aromatic carbocycles. The molecule has 1 fully saturated rings. The Balaban J connectivity index is 1.82. The van der Waals surface area contributed by atoms with Crippen LogP contribution in [-0.4, -0.2) is 18.3 Å². The lowest BCUT2D eigenvalue weighted by atomic mass is 9.87. The monoisotopic (exact) mass is 269 g/mol. The van der Waals surface area contributed by atoms with Crippen LogP contribution in [-0.2, 0) is 6.54 Å². The number of halogens is 2. The highest BCUT2D eigenvalue weighted by Gasteiger charge is 2.32. The Labute approximate surface area is 112 Å². The molecular weight excluding hydrogens is 248 g/mol. The van der Waals surface area contributed by atoms with E-state index in [1.165, 1.54) is 25.0 Å². The molecule has 2 N–H and O–H groups in total. The van der Waals surface area contributed by atoms with Gasteiger partial charge in [-0.25, -0.2) is 8.78 Å². The average Bonchev–Trinajstić information content (AvgIpc) is 2.89. The van der Waals surface area contributed by atoms with Gasteiger partial charge in [0.25, 0.3) is 6.43 Å². The number of rotatable bonds is 6. The number of aliphatic hydroxyl groups excluding tert-OH is 1. The van der Waals surface area contributed by atoms with Gasteiger partial charge in [0, 0.05) is 30.7 Å². The van der Waals surface area contributed by atoms with E-state index in [4.69, 9.17) is 0 Å². The van der Waals surface area contributed by atoms with Gasteiger partial charge in [-0.05, 0) is 18.4 Å². The standard InChI is InChI=1S/C15H21F2NO/c16-14(17)13-5-3-12(4-6-13)9-18-10-15(11-19)7-1-2-8-15/h3-6,14,18-19H,1-2,7-11H2. The molecule has 0 atom stereocenters. The Morgan fingerprint density at radius 2 is 1.79 bits per heavy atom. The topological polar surface area (TPSA) is 32.3 Å². The molecule has 0 aliphatic heterocycles. The van der Waals surface area contributed by atoms with Gasteiger partial charge in [-0.3, -0.25) is 0 Å². The van der Waals surface area contributed by atoms with E-state index < -0.39 is 6.43 Å². The number of hydrogen-bond donors (Lipinski definition) is 2. The molecule has 1 aliphatic carbocycles. The van der Waals surface area contributed by atoms with Crippen LogP contribution in [0.3, 0.4) is 0 Å². The van der Waals surface area contributed by atoms with E-state index in [1.807, 2.05) is 0 Å². The Bertz CT molecular complexity index is 386. The van der Waals surface area contributed by atoms with Gasteiger partial charge in [-0.1, -0.05) is 37.1 Å². The summed E-state index contributed by atoms with van der Waals surface area (Å²) >= 11 is 0. The van der Waals surface area contributed by atoms with Crippen molar-refractivity contribution < 1.29 is 13.9 Å². The minimum absolute atomic E-state index is 0.0307. The van der Waals surface area contributed by atoms with Gasteiger partial charge in [-0.15, -0.1) is 0 Å². The predicted octanol–water partition coefficient (Wildman–Crippen LogP) is 3.27. The Kier molecular flexibility index (Phi) is 4.88. The van der Waals surface area contributed by atoms with E-state index in [2.05, 4.69) is 5.32 Å². The molecule has 1 aliphatic rings. The summed E-state index contributed by atoms with van der Waals surface area (Å²) < 4.78 is 24.8. The van der Waals surface area contributed by atoms with Crippen LogP contribution in [0.15, 0.2) is 24.3 Å². The molecule has 1 saturated carbocycles. The van der Waals surface area contributed by atoms with Crippen LogP contribution in [0.4, 0.5) is 8.78 Å². The third-order valence-corrected chi connectivity index (χ3v) is 4.06. The van der Waals surface area contributed by atoms with Crippen molar-refractivity contribution in [1.29, 1.82) is 0 Å². The zero-order valence-electron chi connectivity index (χ0n) is 11.0. The molecule has 0 aromatic heterocycles. The maximum Gasteiger partial charge on any atom is 0.263 e. The van der Waals surface area contributed by atoms with Crippen LogP contribution in [0.2, 0.25) is 0 Å². The molecular formula is C15H21F2NO. The van der Waals surface area contributed by atoms with Crippen LogP contribution in [0, 0.1) is 5.41 Å². The van der Waals surface area contributed by atoms with Crippen molar-refractivity contribution in [3.63, 3.8) is 0 Å². The minimum Gasteiger partial charge on any atom is -0.396 e. The highest BCUT2D eigenvalue weighted by Crippen LogP contribution is 2.36. The molecule has 106 valence electrons. The van der Waals surface area contributed by atoms with Gasteiger partial charge < -0.3 is 10.4 Å². The first-order valence-electron chi connectivity index (χ1n) is 6.84. The van der Waals surface area contributed by atoms with Crippen molar-refractivity contribution >= 4 is 0 Å². The number of aliphatic hydroxyl groups is 1. The first kappa shape index (κ1) is 14.4. The second-order valence-electron chi connectivity index (χ2n) is 5.51. The molecule has 4 heteroatoms. The Morgan fingerprint density at radius 1 is 1.16 bits per heavy atom. The van der Waals surface area contributed by atoms with Gasteiger partial charge in [0.15, 0.2) is 0 Å². The minimum atomic E-state index is -2.40. The molecule has 1 aromatic rings. The number of hydrogen-bond acceptors (Lipinski definition) is 2. The second-order valence-corrected chi connectivity index (χ2v) is 5.51. The van der Waals surface area contributed by atoms with Crippen molar-refractivity contribution in [2.75, 3.05) is 13.2 Å². The molecule has 0 spiro atoms. The summed E-state index contributed by atoms with van der Waals surface area (Å²) in [4.78, 5) is 0. The summed E-state index contributed by atoms with van der Waals surface area (Å²) in [6.45, 7) is 1.68. The van der Waals surface area contributed by atoms with Crippen molar-refractivity contribution in [2.45, 2.75) is 38.7 Å². The van der Waals surface area contributed by atoms with Gasteiger partial charge in [0.05, 0.1) is 0 Å². The molecule has 2 rings (SSSR count). The fourth-order valence-corrected chi connectivity index (χ4v) is 2.77. The third kappa shape index (κ3) is 3.74. The Morgan fingerprint density at radius 3 is 2.32 bits per heavy atom. The van der Waals surface area contributed by atoms with Crippen LogP contribution in [0.25, 0.3) is 0 Å². The van der Waals surface area contributed by atoms with Crippen LogP contribution in [0.5, 0.6) is 0 Å². The fourth-order valence-electron chi connectivity index (χ4n) is 2.77. The average molecular weight is 269 g/mol. The first-order chi connectivity index (χ1) is 9.15. The van der Waals surface area contributed by atoms with E-state index >= 15 is 0 Å². The van der Waals surface area contributed by atoms with Crippen molar-refractivity contribution in [3.05, 3.63) is 35.4 Å². The predicted molar refractivity (Wildman–Crippen MR) is 71.1 cm³/mol. The van der Waals surface area contributed by atoms with Gasteiger partial charge in [0.2, 0.25) is 0 Å². The summed E-state index contributed by atoms with van der Waals surface area (Å²) in [6.07, 6.45) is 2.11. The normalized spacial score (nSPS) is 18.1. The molecule has 19 heavy (non-hydrogen) atoms. The largest absolute Gasteiger partial charge is 0.396 e. The zero-order valence-corrected chi connectivity index (χ0v) is 11.0. The summed E-state index contributed by atoms with van der Waals surface area (Å²) in [5.74, 6) is 0. The van der Waals surface area contributed by atoms with Gasteiger partial charge >= 0.3 is 0 Å². The van der Waals surface area contributed by atoms with E-state index in [0.29, 0.717) is 6.54 Å². The van der Waals surface area contributed by atoms with E-state index in [1.54, 1.807) is 12.1 Å². The fraction of sp³-hybridized carbons (Fsp3) is 0.600. The SMILES string of the molecule is OCC1(CNCc2ccc(C(F)F)cc2)CCCC1. The van der Waals surface area contributed by atoms with E-state index in [-0.39, 0.29) is 17.6 Å². The highest BCUT2D eigenvalue weighted by atomic mass is 19.3. The van der Waals surface area contributed by atoms with Gasteiger partial charge in [0.1, 0.15) is 0 Å². The quantitative estimate of drug-likeness (QED) is 0.830. The van der Waals surface area contributed by atoms with Crippen LogP contribution >= 0.6 is 0 Å². The third-order valence-electron chi connectivity index (χ3n) is 4.06. The van der Waals surface area contributed by atoms with Crippen molar-refractivity contribution in [2.24, 2.45) is 5.41 Å². The van der Waals surface area contributed by atoms with Crippen molar-refractivity contribution in [1.82, 2.24) is 5.32 Å². The molecule has 0 bridgehead atoms. The highest BCUT2D eigenvalue weighted by molar-refractivity contribution is 5.23. The summed E-state index contributed by atoms with van der Waals surface area (Å²) in [6, 6.07) is 6.40. The van der Waals surface area contributed by atoms with E-state index in [0.717, 1.165) is 24.9 Å². The number of alkyl halides is 2. The summed E-state index contributed by atoms with van der Waals surface area (Å²) in [5.41, 5.74) is 1.09. The molecule has 0 unspecified atom stereocenters. The first-order valence-corrected chi connectivity index (χ1v) is 6.84. The lowest BCUT2D eigenvalue weighted by Gasteiger charge is -2.26. The number of benzene rings is 1. The summed E-state index contributed by atoms with van der Waals surface area (Å²) in [7, 11) is 0. The van der Waals surface area contributed by atoms with Gasteiger partial charge in [-0.2, -0.15) is 0 Å². The van der Waals surface area contributed by atoms with Crippen molar-refractivity contribution in [3.8, 4) is 0 Å². The smallest absolute Gasteiger partial charge is 0.263 e. The zero-order chi connectivity index (χ0) is 13.7. The lowest BCUT2D eigenvalue weighted by molar-refractivity contribution is 0.128. The molecule has 0 radical (unpaired) electrons. The molecule has 0 amide bonds. The van der Waals surface area contributed by atoms with Crippen LogP contribution in [0.1, 0.15) is 43.2 Å². The molecule has 0 heterocycles. The Hall–Kier alpha value is -1.00. The maximum absolute atomic E-state index is 12.4. The van der Waals surface area contributed by atoms with E-state index in [9.17, 15) is 13.9 Å². The maximum atomic E-state index is 12.4. The number of nitrogens with one attached hydrogen (secondary N) is 1. The molecule has 0 saturated heterocycles. The molecule has 2 nitrogen and oxygen atoms in total.